The minimum atomic E-state index is -1.01. The fraction of sp³-hybridized carbons (Fsp3) is 0. The van der Waals surface area contributed by atoms with Crippen molar-refractivity contribution in [3.05, 3.63) is 42.9 Å². The molecule has 0 radical (unpaired) electrons. The van der Waals surface area contributed by atoms with Crippen LogP contribution in [0.4, 0.5) is 4.39 Å². The lowest BCUT2D eigenvalue weighted by Crippen LogP contribution is -2.15. The largest absolute Gasteiger partial charge is 0.419 e. The Morgan fingerprint density at radius 2 is 2.00 bits per heavy atom. The lowest BCUT2D eigenvalue weighted by molar-refractivity contribution is 0.459. The summed E-state index contributed by atoms with van der Waals surface area (Å²) >= 11 is 11.0. The van der Waals surface area contributed by atoms with Crippen molar-refractivity contribution in [1.82, 2.24) is 4.98 Å². The molecule has 0 amide bonds. The van der Waals surface area contributed by atoms with E-state index in [2.05, 4.69) is 9.40 Å². The topological polar surface area (TPSA) is 63.1 Å². The van der Waals surface area contributed by atoms with Gasteiger partial charge in [0.25, 0.3) is 0 Å². The maximum Gasteiger partial charge on any atom is 0.419 e. The van der Waals surface area contributed by atoms with Crippen LogP contribution >= 0.6 is 23.2 Å². The van der Waals surface area contributed by atoms with E-state index in [1.54, 1.807) is 0 Å². The molecule has 78 valence electrons. The smallest absolute Gasteiger partial charge is 0.372 e. The Balaban J connectivity index is 3.13. The second kappa shape index (κ2) is 3.36. The van der Waals surface area contributed by atoms with Crippen molar-refractivity contribution in [2.75, 3.05) is 0 Å². The zero-order chi connectivity index (χ0) is 11.2. The van der Waals surface area contributed by atoms with Gasteiger partial charge in [0.1, 0.15) is 5.39 Å². The molecule has 2 rings (SSSR count). The zero-order valence-corrected chi connectivity index (χ0v) is 8.45. The standard InChI is InChI=1S/C8H2Cl2FNO3/c9-2-1-3-4(5(10)6(2)11)7(13)15-8(14)12-3/h1H,(H,12,14). The SMILES string of the molecule is O=c1[nH]c2cc(Cl)c(F)c(Cl)c2c(=O)o1. The van der Waals surface area contributed by atoms with Gasteiger partial charge in [-0.05, 0) is 6.07 Å². The van der Waals surface area contributed by atoms with Gasteiger partial charge in [-0.3, -0.25) is 4.98 Å². The number of benzene rings is 1. The number of H-pyrrole nitrogens is 1. The Morgan fingerprint density at radius 3 is 2.67 bits per heavy atom. The molecular formula is C8H2Cl2FNO3. The quantitative estimate of drug-likeness (QED) is 0.726. The van der Waals surface area contributed by atoms with Gasteiger partial charge in [-0.1, -0.05) is 23.2 Å². The molecule has 1 aromatic carbocycles. The molecule has 15 heavy (non-hydrogen) atoms. The van der Waals surface area contributed by atoms with Gasteiger partial charge in [0.2, 0.25) is 0 Å². The predicted molar refractivity (Wildman–Crippen MR) is 53.1 cm³/mol. The number of aromatic amines is 1. The van der Waals surface area contributed by atoms with E-state index in [1.165, 1.54) is 0 Å². The third-order valence-corrected chi connectivity index (χ3v) is 2.42. The van der Waals surface area contributed by atoms with Crippen molar-refractivity contribution in [2.45, 2.75) is 0 Å². The number of hydrogen-bond acceptors (Lipinski definition) is 3. The summed E-state index contributed by atoms with van der Waals surface area (Å²) in [4.78, 5) is 24.2. The molecule has 0 saturated carbocycles. The first-order valence-corrected chi connectivity index (χ1v) is 4.47. The molecule has 4 nitrogen and oxygen atoms in total. The van der Waals surface area contributed by atoms with E-state index in [-0.39, 0.29) is 15.9 Å². The normalized spacial score (nSPS) is 10.9. The van der Waals surface area contributed by atoms with Gasteiger partial charge in [-0.15, -0.1) is 0 Å². The van der Waals surface area contributed by atoms with Crippen molar-refractivity contribution < 1.29 is 8.81 Å². The first-order chi connectivity index (χ1) is 7.00. The summed E-state index contributed by atoms with van der Waals surface area (Å²) < 4.78 is 17.4. The van der Waals surface area contributed by atoms with Crippen LogP contribution in [0.15, 0.2) is 20.1 Å². The van der Waals surface area contributed by atoms with Crippen LogP contribution < -0.4 is 11.4 Å². The summed E-state index contributed by atoms with van der Waals surface area (Å²) in [7, 11) is 0. The number of rotatable bonds is 0. The maximum absolute atomic E-state index is 13.2. The van der Waals surface area contributed by atoms with Gasteiger partial charge in [-0.25, -0.2) is 14.0 Å². The number of aromatic nitrogens is 1. The van der Waals surface area contributed by atoms with E-state index in [1.807, 2.05) is 0 Å². The highest BCUT2D eigenvalue weighted by Gasteiger charge is 2.14. The van der Waals surface area contributed by atoms with Gasteiger partial charge >= 0.3 is 11.4 Å². The van der Waals surface area contributed by atoms with Crippen LogP contribution in [-0.4, -0.2) is 4.98 Å². The summed E-state index contributed by atoms with van der Waals surface area (Å²) in [6.45, 7) is 0. The van der Waals surface area contributed by atoms with E-state index in [0.29, 0.717) is 0 Å². The molecule has 0 bridgehead atoms. The van der Waals surface area contributed by atoms with Crippen LogP contribution in [0.25, 0.3) is 10.9 Å². The fourth-order valence-corrected chi connectivity index (χ4v) is 1.70. The predicted octanol–water partition coefficient (Wildman–Crippen LogP) is 1.93. The maximum atomic E-state index is 13.2. The van der Waals surface area contributed by atoms with E-state index >= 15 is 0 Å². The molecule has 1 N–H and O–H groups in total. The van der Waals surface area contributed by atoms with Crippen LogP contribution in [0.1, 0.15) is 0 Å². The molecule has 1 heterocycles. The highest BCUT2D eigenvalue weighted by atomic mass is 35.5. The molecule has 0 saturated heterocycles. The number of fused-ring (bicyclic) bond motifs is 1. The summed E-state index contributed by atoms with van der Waals surface area (Å²) in [6, 6.07) is 1.09. The lowest BCUT2D eigenvalue weighted by Gasteiger charge is -2.01. The molecule has 7 heteroatoms. The third kappa shape index (κ3) is 1.53. The van der Waals surface area contributed by atoms with Crippen LogP contribution in [0.3, 0.4) is 0 Å². The fourth-order valence-electron chi connectivity index (χ4n) is 1.16. The Hall–Kier alpha value is -1.33. The van der Waals surface area contributed by atoms with E-state index < -0.39 is 22.2 Å². The Labute approximate surface area is 91.2 Å². The van der Waals surface area contributed by atoms with Crippen LogP contribution in [0.5, 0.6) is 0 Å². The number of hydrogen-bond donors (Lipinski definition) is 1. The summed E-state index contributed by atoms with van der Waals surface area (Å²) in [5.74, 6) is -1.88. The Bertz CT molecular complexity index is 661. The average molecular weight is 250 g/mol. The monoisotopic (exact) mass is 249 g/mol. The molecule has 2 aromatic rings. The van der Waals surface area contributed by atoms with Gasteiger partial charge in [0.15, 0.2) is 5.82 Å². The van der Waals surface area contributed by atoms with Crippen molar-refractivity contribution in [3.63, 3.8) is 0 Å². The van der Waals surface area contributed by atoms with Crippen LogP contribution in [0, 0.1) is 5.82 Å². The van der Waals surface area contributed by atoms with Gasteiger partial charge in [0, 0.05) is 0 Å². The molecular weight excluding hydrogens is 248 g/mol. The third-order valence-electron chi connectivity index (χ3n) is 1.79. The van der Waals surface area contributed by atoms with Crippen molar-refractivity contribution in [3.8, 4) is 0 Å². The molecule has 0 fully saturated rings. The molecule has 0 aliphatic rings. The van der Waals surface area contributed by atoms with E-state index in [4.69, 9.17) is 23.2 Å². The molecule has 0 spiro atoms. The van der Waals surface area contributed by atoms with Crippen molar-refractivity contribution >= 4 is 34.1 Å². The van der Waals surface area contributed by atoms with Gasteiger partial charge in [-0.2, -0.15) is 0 Å². The molecule has 1 aromatic heterocycles. The summed E-state index contributed by atoms with van der Waals surface area (Å²) in [5.41, 5.74) is -0.970. The zero-order valence-electron chi connectivity index (χ0n) is 6.94. The summed E-state index contributed by atoms with van der Waals surface area (Å²) in [5, 5.41) is -0.991. The highest BCUT2D eigenvalue weighted by Crippen LogP contribution is 2.28. The van der Waals surface area contributed by atoms with E-state index in [9.17, 15) is 14.0 Å². The van der Waals surface area contributed by atoms with Crippen molar-refractivity contribution in [1.29, 1.82) is 0 Å². The van der Waals surface area contributed by atoms with Crippen LogP contribution in [-0.2, 0) is 0 Å². The molecule has 0 aliphatic heterocycles. The second-order valence-corrected chi connectivity index (χ2v) is 3.50. The van der Waals surface area contributed by atoms with Crippen molar-refractivity contribution in [2.24, 2.45) is 0 Å². The van der Waals surface area contributed by atoms with Crippen LogP contribution in [0.2, 0.25) is 10.0 Å². The lowest BCUT2D eigenvalue weighted by atomic mass is 10.2. The number of nitrogens with one attached hydrogen (secondary N) is 1. The van der Waals surface area contributed by atoms with Gasteiger partial charge in [0.05, 0.1) is 15.6 Å². The average Bonchev–Trinajstić information content (AvgIpc) is 2.13. The van der Waals surface area contributed by atoms with E-state index in [0.717, 1.165) is 6.07 Å². The number of halogens is 3. The second-order valence-electron chi connectivity index (χ2n) is 2.71. The summed E-state index contributed by atoms with van der Waals surface area (Å²) in [6.07, 6.45) is 0. The molecule has 0 atom stereocenters. The molecule has 0 unspecified atom stereocenters. The minimum Gasteiger partial charge on any atom is -0.372 e. The van der Waals surface area contributed by atoms with Gasteiger partial charge < -0.3 is 4.42 Å². The molecule has 0 aliphatic carbocycles. The Morgan fingerprint density at radius 1 is 1.33 bits per heavy atom. The highest BCUT2D eigenvalue weighted by molar-refractivity contribution is 6.38. The first kappa shape index (κ1) is 10.2. The first-order valence-electron chi connectivity index (χ1n) is 3.71. The Kier molecular flexibility index (Phi) is 2.28. The minimum absolute atomic E-state index is 0.0349.